The Morgan fingerprint density at radius 3 is 1.09 bits per heavy atom. The molecule has 6 N–H and O–H groups in total. The Balaban J connectivity index is 0.000000332. The van der Waals surface area contributed by atoms with Gasteiger partial charge in [-0.25, -0.2) is 0 Å². The second-order valence-electron chi connectivity index (χ2n) is 4.61. The average Bonchev–Trinajstić information content (AvgIpc) is 2.49. The van der Waals surface area contributed by atoms with Gasteiger partial charge in [0.05, 0.1) is 13.1 Å². The van der Waals surface area contributed by atoms with Gasteiger partial charge in [-0.2, -0.15) is 0 Å². The van der Waals surface area contributed by atoms with Crippen molar-refractivity contribution < 1.29 is 11.5 Å². The summed E-state index contributed by atoms with van der Waals surface area (Å²) in [7, 11) is 0. The molecular formula is C16H24Br4N2Pb+2. The third kappa shape index (κ3) is 19.4. The molecule has 0 heterocycles. The first-order valence-electron chi connectivity index (χ1n) is 7.28. The minimum absolute atomic E-state index is 0.990. The molecule has 128 valence electrons. The Morgan fingerprint density at radius 2 is 0.870 bits per heavy atom. The molecule has 0 atom stereocenters. The van der Waals surface area contributed by atoms with Crippen molar-refractivity contribution in [2.45, 2.75) is 12.8 Å². The van der Waals surface area contributed by atoms with Gasteiger partial charge in [0.2, 0.25) is 0 Å². The monoisotopic (exact) mass is 768 g/mol. The van der Waals surface area contributed by atoms with Crippen molar-refractivity contribution in [3.8, 4) is 0 Å². The summed E-state index contributed by atoms with van der Waals surface area (Å²) < 4.78 is 0. The van der Waals surface area contributed by atoms with Gasteiger partial charge in [0.15, 0.2) is 0 Å². The summed E-state index contributed by atoms with van der Waals surface area (Å²) in [5.41, 5.74) is 10.3. The van der Waals surface area contributed by atoms with Gasteiger partial charge in [-0.3, -0.25) is 0 Å². The molecule has 0 amide bonds. The van der Waals surface area contributed by atoms with Crippen LogP contribution in [0.4, 0.5) is 0 Å². The fourth-order valence-corrected chi connectivity index (χ4v) is 1.70. The summed E-state index contributed by atoms with van der Waals surface area (Å²) in [6, 6.07) is 20.8. The van der Waals surface area contributed by atoms with Gasteiger partial charge in [-0.1, -0.05) is 60.7 Å². The second-order valence-corrected chi connectivity index (χ2v) is 106. The van der Waals surface area contributed by atoms with Crippen LogP contribution in [0.25, 0.3) is 0 Å². The van der Waals surface area contributed by atoms with E-state index >= 15 is 0 Å². The van der Waals surface area contributed by atoms with Crippen LogP contribution in [-0.4, -0.2) is 24.6 Å². The Labute approximate surface area is 166 Å². The predicted octanol–water partition coefficient (Wildman–Crippen LogP) is 3.94. The van der Waals surface area contributed by atoms with Gasteiger partial charge in [-0.15, -0.1) is 0 Å². The molecule has 0 unspecified atom stereocenters. The molecular weight excluding hydrogens is 747 g/mol. The standard InChI is InChI=1S/2C8H11N.4BrH.Pb/c2*9-7-6-8-4-2-1-3-5-8;;;;;/h2*1-5H,6-7,9H2;4*1H;/q;;;;;;+4/p-2. The summed E-state index contributed by atoms with van der Waals surface area (Å²) in [5.74, 6) is 0. The molecule has 2 aromatic carbocycles. The van der Waals surface area contributed by atoms with E-state index in [0.29, 0.717) is 0 Å². The van der Waals surface area contributed by atoms with Crippen LogP contribution in [-0.2, 0) is 12.8 Å². The normalized spacial score (nSPS) is 10.0. The zero-order chi connectivity index (χ0) is 17.6. The first kappa shape index (κ1) is 24.2. The number of halogens is 4. The van der Waals surface area contributed by atoms with Gasteiger partial charge in [-0.05, 0) is 11.1 Å². The maximum atomic E-state index is 3.78. The Morgan fingerprint density at radius 1 is 0.609 bits per heavy atom. The van der Waals surface area contributed by atoms with Crippen LogP contribution in [0, 0.1) is 0 Å². The molecule has 7 heteroatoms. The molecule has 0 spiro atoms. The van der Waals surface area contributed by atoms with Crippen LogP contribution in [0.1, 0.15) is 11.1 Å². The predicted molar refractivity (Wildman–Crippen MR) is 117 cm³/mol. The van der Waals surface area contributed by atoms with Crippen molar-refractivity contribution in [3.63, 3.8) is 0 Å². The first-order valence-corrected chi connectivity index (χ1v) is 41.0. The first-order chi connectivity index (χ1) is 10.9. The van der Waals surface area contributed by atoms with Gasteiger partial charge in [0, 0.05) is 12.8 Å². The largest absolute Gasteiger partial charge is 0.357 e. The van der Waals surface area contributed by atoms with Crippen LogP contribution in [0.15, 0.2) is 60.7 Å². The molecule has 2 nitrogen and oxygen atoms in total. The van der Waals surface area contributed by atoms with Crippen molar-refractivity contribution in [3.05, 3.63) is 71.8 Å². The fourth-order valence-electron chi connectivity index (χ4n) is 1.70. The van der Waals surface area contributed by atoms with E-state index in [4.69, 9.17) is 0 Å². The Kier molecular flexibility index (Phi) is 16.3. The number of rotatable bonds is 4. The van der Waals surface area contributed by atoms with Gasteiger partial charge < -0.3 is 11.5 Å². The van der Waals surface area contributed by atoms with E-state index in [9.17, 15) is 0 Å². The van der Waals surface area contributed by atoms with Crippen molar-refractivity contribution in [2.75, 3.05) is 13.1 Å². The van der Waals surface area contributed by atoms with Crippen LogP contribution in [0.5, 0.6) is 0 Å². The molecule has 2 rings (SSSR count). The fraction of sp³-hybridized carbons (Fsp3) is 0.250. The molecule has 0 aliphatic heterocycles. The van der Waals surface area contributed by atoms with E-state index in [1.165, 1.54) is 11.1 Å². The minimum atomic E-state index is -2.03. The van der Waals surface area contributed by atoms with E-state index in [1.807, 2.05) is 12.1 Å². The molecule has 0 bridgehead atoms. The second kappa shape index (κ2) is 15.5. The molecule has 0 aliphatic carbocycles. The smallest absolute Gasteiger partial charge is 0.0780 e. The molecule has 2 aromatic rings. The third-order valence-corrected chi connectivity index (χ3v) is 2.62. The molecule has 0 saturated heterocycles. The topological polar surface area (TPSA) is 55.3 Å². The SMILES string of the molecule is [Br][Pb]([Br])([Br])[Br].[NH3+]CCc1ccccc1.[NH3+]CCc1ccccc1. The minimum Gasteiger partial charge on any atom is -0.357 e. The number of hydrogen-bond acceptors (Lipinski definition) is 0. The van der Waals surface area contributed by atoms with Crippen LogP contribution in [0.3, 0.4) is 0 Å². The quantitative estimate of drug-likeness (QED) is 0.444. The van der Waals surface area contributed by atoms with Crippen molar-refractivity contribution >= 4 is 59.5 Å². The van der Waals surface area contributed by atoms with E-state index in [0.717, 1.165) is 25.9 Å². The zero-order valence-corrected chi connectivity index (χ0v) is 23.3. The number of benzene rings is 2. The summed E-state index contributed by atoms with van der Waals surface area (Å²) in [5, 5.41) is 0. The molecule has 0 saturated carbocycles. The molecule has 0 fully saturated rings. The maximum absolute atomic E-state index is 3.78. The Bertz CT molecular complexity index is 445. The van der Waals surface area contributed by atoms with E-state index in [-0.39, 0.29) is 0 Å². The van der Waals surface area contributed by atoms with E-state index in [2.05, 4.69) is 108 Å². The van der Waals surface area contributed by atoms with Crippen molar-refractivity contribution in [2.24, 2.45) is 0 Å². The number of quaternary nitrogens is 2. The van der Waals surface area contributed by atoms with Gasteiger partial charge in [0.1, 0.15) is 0 Å². The van der Waals surface area contributed by atoms with Crippen molar-refractivity contribution in [1.29, 1.82) is 0 Å². The van der Waals surface area contributed by atoms with Gasteiger partial charge >= 0.3 is 59.5 Å². The molecule has 0 aromatic heterocycles. The Hall–Kier alpha value is 1.20. The van der Waals surface area contributed by atoms with Crippen molar-refractivity contribution in [1.82, 2.24) is 0 Å². The van der Waals surface area contributed by atoms with Gasteiger partial charge in [0.25, 0.3) is 0 Å². The summed E-state index contributed by atoms with van der Waals surface area (Å²) in [6.07, 6.45) is 2.20. The average molecular weight is 771 g/mol. The summed E-state index contributed by atoms with van der Waals surface area (Å²) in [6.45, 7) is 1.98. The van der Waals surface area contributed by atoms with E-state index in [1.54, 1.807) is 0 Å². The summed E-state index contributed by atoms with van der Waals surface area (Å²) >= 11 is 11.4. The van der Waals surface area contributed by atoms with Crippen LogP contribution < -0.4 is 11.5 Å². The maximum Gasteiger partial charge on any atom is 0.0780 e. The zero-order valence-electron chi connectivity index (χ0n) is 13.0. The molecule has 0 radical (unpaired) electrons. The molecule has 23 heavy (non-hydrogen) atoms. The third-order valence-electron chi connectivity index (χ3n) is 2.62. The summed E-state index contributed by atoms with van der Waals surface area (Å²) in [4.78, 5) is 0. The van der Waals surface area contributed by atoms with E-state index < -0.39 is 11.5 Å². The molecule has 0 aliphatic rings. The van der Waals surface area contributed by atoms with Crippen LogP contribution in [0.2, 0.25) is 0 Å². The van der Waals surface area contributed by atoms with Crippen LogP contribution >= 0.6 is 47.9 Å². The number of hydrogen-bond donors (Lipinski definition) is 2.